The lowest BCUT2D eigenvalue weighted by Gasteiger charge is -2.29. The van der Waals surface area contributed by atoms with E-state index in [1.54, 1.807) is 0 Å². The molecule has 1 aliphatic heterocycles. The Bertz CT molecular complexity index is 414. The molecule has 0 fully saturated rings. The number of hydrogen-bond donors (Lipinski definition) is 1. The molecule has 1 aromatic heterocycles. The Morgan fingerprint density at radius 2 is 2.41 bits per heavy atom. The van der Waals surface area contributed by atoms with Crippen LogP contribution in [0, 0.1) is 5.92 Å². The van der Waals surface area contributed by atoms with Gasteiger partial charge in [0, 0.05) is 12.6 Å². The van der Waals surface area contributed by atoms with E-state index < -0.39 is 0 Å². The molecule has 94 valence electrons. The molecular weight excluding hydrogens is 218 g/mol. The third kappa shape index (κ3) is 2.14. The van der Waals surface area contributed by atoms with E-state index in [1.807, 2.05) is 24.6 Å². The minimum Gasteiger partial charge on any atom is -0.466 e. The van der Waals surface area contributed by atoms with E-state index >= 15 is 0 Å². The van der Waals surface area contributed by atoms with Crippen molar-refractivity contribution in [1.29, 1.82) is 0 Å². The largest absolute Gasteiger partial charge is 0.466 e. The van der Waals surface area contributed by atoms with E-state index in [-0.39, 0.29) is 17.9 Å². The van der Waals surface area contributed by atoms with Crippen molar-refractivity contribution >= 4 is 11.8 Å². The highest BCUT2D eigenvalue weighted by Crippen LogP contribution is 2.29. The smallest absolute Gasteiger partial charge is 0.312 e. The van der Waals surface area contributed by atoms with Crippen LogP contribution in [0.2, 0.25) is 0 Å². The summed E-state index contributed by atoms with van der Waals surface area (Å²) in [5.41, 5.74) is 1.05. The molecule has 0 spiro atoms. The summed E-state index contributed by atoms with van der Waals surface area (Å²) in [5.74, 6) is 0.689. The first kappa shape index (κ1) is 12.0. The van der Waals surface area contributed by atoms with Gasteiger partial charge in [0.2, 0.25) is 0 Å². The van der Waals surface area contributed by atoms with Gasteiger partial charge in [-0.1, -0.05) is 6.92 Å². The number of ether oxygens (including phenoxy) is 1. The van der Waals surface area contributed by atoms with Crippen LogP contribution < -0.4 is 5.32 Å². The van der Waals surface area contributed by atoms with Crippen molar-refractivity contribution in [3.05, 3.63) is 11.8 Å². The average Bonchev–Trinajstić information content (AvgIpc) is 2.73. The molecule has 0 saturated heterocycles. The number of fused-ring (bicyclic) bond motifs is 1. The first-order valence-electron chi connectivity index (χ1n) is 6.16. The van der Waals surface area contributed by atoms with Crippen molar-refractivity contribution in [2.45, 2.75) is 33.2 Å². The summed E-state index contributed by atoms with van der Waals surface area (Å²) in [6.45, 7) is 6.95. The fourth-order valence-corrected chi connectivity index (χ4v) is 2.15. The van der Waals surface area contributed by atoms with Gasteiger partial charge in [0.1, 0.15) is 5.82 Å². The number of nitrogens with zero attached hydrogens (tertiary/aromatic N) is 2. The summed E-state index contributed by atoms with van der Waals surface area (Å²) in [6, 6.07) is 2.09. The molecule has 5 heteroatoms. The van der Waals surface area contributed by atoms with Crippen LogP contribution in [0.25, 0.3) is 0 Å². The first-order valence-corrected chi connectivity index (χ1v) is 6.16. The lowest BCUT2D eigenvalue weighted by Crippen LogP contribution is -2.37. The lowest BCUT2D eigenvalue weighted by atomic mass is 10.00. The maximum atomic E-state index is 11.8. The number of aryl methyl sites for hydroxylation is 1. The van der Waals surface area contributed by atoms with Crippen LogP contribution >= 0.6 is 0 Å². The quantitative estimate of drug-likeness (QED) is 0.811. The maximum Gasteiger partial charge on any atom is 0.312 e. The predicted molar refractivity (Wildman–Crippen MR) is 64.9 cm³/mol. The van der Waals surface area contributed by atoms with Gasteiger partial charge in [-0.15, -0.1) is 0 Å². The third-order valence-corrected chi connectivity index (χ3v) is 3.21. The molecule has 1 N–H and O–H groups in total. The molecule has 2 unspecified atom stereocenters. The summed E-state index contributed by atoms with van der Waals surface area (Å²) in [6.07, 6.45) is 0.901. The highest BCUT2D eigenvalue weighted by Gasteiger charge is 2.33. The molecule has 0 aliphatic carbocycles. The van der Waals surface area contributed by atoms with E-state index in [0.29, 0.717) is 13.2 Å². The Hall–Kier alpha value is -1.52. The van der Waals surface area contributed by atoms with Crippen LogP contribution in [-0.2, 0) is 16.0 Å². The van der Waals surface area contributed by atoms with Crippen molar-refractivity contribution in [1.82, 2.24) is 9.78 Å². The monoisotopic (exact) mass is 237 g/mol. The van der Waals surface area contributed by atoms with E-state index in [0.717, 1.165) is 17.9 Å². The van der Waals surface area contributed by atoms with Crippen LogP contribution in [-0.4, -0.2) is 28.9 Å². The molecule has 0 radical (unpaired) electrons. The Balaban J connectivity index is 2.20. The maximum absolute atomic E-state index is 11.8. The van der Waals surface area contributed by atoms with Crippen LogP contribution in [0.15, 0.2) is 6.07 Å². The number of nitrogens with one attached hydrogen (secondary N) is 1. The summed E-state index contributed by atoms with van der Waals surface area (Å²) >= 11 is 0. The summed E-state index contributed by atoms with van der Waals surface area (Å²) in [5, 5.41) is 7.73. The highest BCUT2D eigenvalue weighted by molar-refractivity contribution is 5.74. The zero-order valence-electron chi connectivity index (χ0n) is 10.6. The van der Waals surface area contributed by atoms with Crippen LogP contribution in [0.1, 0.15) is 32.5 Å². The SMILES string of the molecule is CCOC(=O)C1CNc2cc(CC)nn2C1C. The van der Waals surface area contributed by atoms with Crippen molar-refractivity contribution in [2.75, 3.05) is 18.5 Å². The van der Waals surface area contributed by atoms with Gasteiger partial charge < -0.3 is 10.1 Å². The Morgan fingerprint density at radius 3 is 3.06 bits per heavy atom. The van der Waals surface area contributed by atoms with Gasteiger partial charge >= 0.3 is 5.97 Å². The first-order chi connectivity index (χ1) is 8.17. The van der Waals surface area contributed by atoms with Crippen molar-refractivity contribution in [2.24, 2.45) is 5.92 Å². The van der Waals surface area contributed by atoms with E-state index in [9.17, 15) is 4.79 Å². The molecule has 1 aromatic rings. The molecule has 2 rings (SSSR count). The highest BCUT2D eigenvalue weighted by atomic mass is 16.5. The fourth-order valence-electron chi connectivity index (χ4n) is 2.15. The molecule has 2 heterocycles. The topological polar surface area (TPSA) is 56.1 Å². The summed E-state index contributed by atoms with van der Waals surface area (Å²) < 4.78 is 6.97. The summed E-state index contributed by atoms with van der Waals surface area (Å²) in [4.78, 5) is 11.8. The molecule has 0 bridgehead atoms. The fraction of sp³-hybridized carbons (Fsp3) is 0.667. The second-order valence-electron chi connectivity index (χ2n) is 4.30. The zero-order chi connectivity index (χ0) is 12.4. The molecule has 0 amide bonds. The van der Waals surface area contributed by atoms with Crippen LogP contribution in [0.3, 0.4) is 0 Å². The van der Waals surface area contributed by atoms with E-state index in [1.165, 1.54) is 0 Å². The number of carbonyl (C=O) groups excluding carboxylic acids is 1. The normalized spacial score (nSPS) is 22.8. The van der Waals surface area contributed by atoms with Gasteiger partial charge in [0.25, 0.3) is 0 Å². The van der Waals surface area contributed by atoms with E-state index in [4.69, 9.17) is 4.74 Å². The Morgan fingerprint density at radius 1 is 1.65 bits per heavy atom. The molecule has 0 saturated carbocycles. The second-order valence-corrected chi connectivity index (χ2v) is 4.30. The van der Waals surface area contributed by atoms with Crippen molar-refractivity contribution in [3.8, 4) is 0 Å². The van der Waals surface area contributed by atoms with Crippen molar-refractivity contribution < 1.29 is 9.53 Å². The molecule has 2 atom stereocenters. The molecule has 1 aliphatic rings. The third-order valence-electron chi connectivity index (χ3n) is 3.21. The summed E-state index contributed by atoms with van der Waals surface area (Å²) in [7, 11) is 0. The number of esters is 1. The number of carbonyl (C=O) groups is 1. The number of aromatic nitrogens is 2. The van der Waals surface area contributed by atoms with Gasteiger partial charge in [-0.25, -0.2) is 4.68 Å². The lowest BCUT2D eigenvalue weighted by molar-refractivity contribution is -0.149. The van der Waals surface area contributed by atoms with Crippen LogP contribution in [0.5, 0.6) is 0 Å². The van der Waals surface area contributed by atoms with Gasteiger partial charge in [-0.3, -0.25) is 4.79 Å². The molecule has 17 heavy (non-hydrogen) atoms. The van der Waals surface area contributed by atoms with Gasteiger partial charge in [-0.2, -0.15) is 5.10 Å². The minimum atomic E-state index is -0.160. The Labute approximate surface area is 101 Å². The second kappa shape index (κ2) is 4.77. The molecule has 0 aromatic carbocycles. The van der Waals surface area contributed by atoms with Crippen molar-refractivity contribution in [3.63, 3.8) is 0 Å². The minimum absolute atomic E-state index is 0.0469. The van der Waals surface area contributed by atoms with Crippen LogP contribution in [0.4, 0.5) is 5.82 Å². The van der Waals surface area contributed by atoms with Gasteiger partial charge in [0.15, 0.2) is 0 Å². The van der Waals surface area contributed by atoms with E-state index in [2.05, 4.69) is 17.3 Å². The zero-order valence-corrected chi connectivity index (χ0v) is 10.6. The number of rotatable bonds is 3. The average molecular weight is 237 g/mol. The number of anilines is 1. The molecular formula is C12H19N3O2. The standard InChI is InChI=1S/C12H19N3O2/c1-4-9-6-11-13-7-10(12(16)17-5-2)8(3)15(11)14-9/h6,8,10,13H,4-5,7H2,1-3H3. The van der Waals surface area contributed by atoms with Gasteiger partial charge in [-0.05, 0) is 20.3 Å². The number of hydrogen-bond acceptors (Lipinski definition) is 4. The van der Waals surface area contributed by atoms with Gasteiger partial charge in [0.05, 0.1) is 24.3 Å². The molecule has 5 nitrogen and oxygen atoms in total. The predicted octanol–water partition coefficient (Wildman–Crippen LogP) is 1.61. The Kier molecular flexibility index (Phi) is 3.36.